The highest BCUT2D eigenvalue weighted by molar-refractivity contribution is 6.30. The van der Waals surface area contributed by atoms with Crippen LogP contribution in [0.2, 0.25) is 5.02 Å². The van der Waals surface area contributed by atoms with Gasteiger partial charge in [0.1, 0.15) is 0 Å². The van der Waals surface area contributed by atoms with Crippen molar-refractivity contribution in [2.24, 2.45) is 5.41 Å². The normalized spacial score (nSPS) is 11.2. The van der Waals surface area contributed by atoms with Gasteiger partial charge in [-0.2, -0.15) is 0 Å². The molecule has 0 aliphatic carbocycles. The molecule has 0 aromatic heterocycles. The Kier molecular flexibility index (Phi) is 5.33. The van der Waals surface area contributed by atoms with Crippen LogP contribution in [-0.2, 0) is 4.79 Å². The first-order valence-corrected chi connectivity index (χ1v) is 6.42. The van der Waals surface area contributed by atoms with Gasteiger partial charge >= 0.3 is 11.7 Å². The number of nitrogens with zero attached hydrogens (tertiary/aromatic N) is 1. The summed E-state index contributed by atoms with van der Waals surface area (Å²) in [5.41, 5.74) is -1.04. The summed E-state index contributed by atoms with van der Waals surface area (Å²) in [6, 6.07) is 4.16. The molecule has 1 aromatic rings. The van der Waals surface area contributed by atoms with Crippen LogP contribution >= 0.6 is 11.6 Å². The largest absolute Gasteiger partial charge is 0.487 e. The molecule has 0 atom stereocenters. The van der Waals surface area contributed by atoms with Crippen molar-refractivity contribution in [1.29, 1.82) is 0 Å². The molecule has 0 heterocycles. The second-order valence-electron chi connectivity index (χ2n) is 5.01. The fourth-order valence-electron chi connectivity index (χ4n) is 1.56. The minimum absolute atomic E-state index is 0.132. The number of hydrogen-bond donors (Lipinski definition) is 1. The van der Waals surface area contributed by atoms with E-state index in [0.29, 0.717) is 12.8 Å². The van der Waals surface area contributed by atoms with Crippen molar-refractivity contribution < 1.29 is 19.6 Å². The number of carbonyl (C=O) groups is 1. The molecule has 1 N–H and O–H groups in total. The van der Waals surface area contributed by atoms with E-state index < -0.39 is 16.3 Å². The maximum absolute atomic E-state index is 10.9. The van der Waals surface area contributed by atoms with Gasteiger partial charge in [-0.25, -0.2) is 0 Å². The SMILES string of the molecule is CC(C)(CCCOc1ccc(Cl)cc1[N+](=O)[O-])C(=O)O. The first-order valence-electron chi connectivity index (χ1n) is 6.04. The van der Waals surface area contributed by atoms with E-state index in [0.717, 1.165) is 0 Å². The number of hydrogen-bond acceptors (Lipinski definition) is 4. The number of carboxylic acid groups (broad SMARTS) is 1. The second-order valence-corrected chi connectivity index (χ2v) is 5.45. The molecule has 0 aliphatic rings. The molecular formula is C13H16ClNO5. The van der Waals surface area contributed by atoms with Crippen molar-refractivity contribution in [2.45, 2.75) is 26.7 Å². The molecule has 0 saturated heterocycles. The molecule has 20 heavy (non-hydrogen) atoms. The molecule has 0 fully saturated rings. The number of rotatable bonds is 7. The lowest BCUT2D eigenvalue weighted by Crippen LogP contribution is -2.24. The van der Waals surface area contributed by atoms with E-state index in [-0.39, 0.29) is 23.1 Å². The Morgan fingerprint density at radius 2 is 2.15 bits per heavy atom. The van der Waals surface area contributed by atoms with Crippen molar-refractivity contribution in [1.82, 2.24) is 0 Å². The van der Waals surface area contributed by atoms with Gasteiger partial charge in [-0.1, -0.05) is 11.6 Å². The van der Waals surface area contributed by atoms with Gasteiger partial charge in [0.15, 0.2) is 5.75 Å². The van der Waals surface area contributed by atoms with Gasteiger partial charge in [0, 0.05) is 11.1 Å². The maximum Gasteiger partial charge on any atom is 0.312 e. The molecule has 0 radical (unpaired) electrons. The number of halogens is 1. The van der Waals surface area contributed by atoms with E-state index in [1.165, 1.54) is 18.2 Å². The standard InChI is InChI=1S/C13H16ClNO5/c1-13(2,12(16)17)6-3-7-20-11-5-4-9(14)8-10(11)15(18)19/h4-5,8H,3,6-7H2,1-2H3,(H,16,17). The Balaban J connectivity index is 2.59. The summed E-state index contributed by atoms with van der Waals surface area (Å²) < 4.78 is 5.34. The van der Waals surface area contributed by atoms with Crippen LogP contribution < -0.4 is 4.74 Å². The minimum Gasteiger partial charge on any atom is -0.487 e. The molecule has 6 nitrogen and oxygen atoms in total. The van der Waals surface area contributed by atoms with Gasteiger partial charge in [0.2, 0.25) is 0 Å². The minimum atomic E-state index is -0.880. The van der Waals surface area contributed by atoms with Crippen LogP contribution in [0.1, 0.15) is 26.7 Å². The topological polar surface area (TPSA) is 89.7 Å². The van der Waals surface area contributed by atoms with Gasteiger partial charge < -0.3 is 9.84 Å². The Morgan fingerprint density at radius 1 is 1.50 bits per heavy atom. The van der Waals surface area contributed by atoms with Crippen molar-refractivity contribution in [3.8, 4) is 5.75 Å². The number of ether oxygens (including phenoxy) is 1. The zero-order valence-electron chi connectivity index (χ0n) is 11.3. The highest BCUT2D eigenvalue weighted by Crippen LogP contribution is 2.30. The maximum atomic E-state index is 10.9. The first kappa shape index (κ1) is 16.2. The van der Waals surface area contributed by atoms with E-state index in [9.17, 15) is 14.9 Å². The number of carboxylic acids is 1. The summed E-state index contributed by atoms with van der Waals surface area (Å²) >= 11 is 5.69. The predicted octanol–water partition coefficient (Wildman–Crippen LogP) is 3.52. The van der Waals surface area contributed by atoms with Gasteiger partial charge in [-0.15, -0.1) is 0 Å². The summed E-state index contributed by atoms with van der Waals surface area (Å²) in [6.45, 7) is 3.46. The Morgan fingerprint density at radius 3 is 2.70 bits per heavy atom. The third kappa shape index (κ3) is 4.38. The van der Waals surface area contributed by atoms with E-state index in [1.807, 2.05) is 0 Å². The fraction of sp³-hybridized carbons (Fsp3) is 0.462. The van der Waals surface area contributed by atoms with Crippen LogP contribution in [0.15, 0.2) is 18.2 Å². The molecule has 110 valence electrons. The number of nitro benzene ring substituents is 1. The average molecular weight is 302 g/mol. The van der Waals surface area contributed by atoms with Gasteiger partial charge in [-0.05, 0) is 38.8 Å². The van der Waals surface area contributed by atoms with Crippen molar-refractivity contribution in [3.63, 3.8) is 0 Å². The summed E-state index contributed by atoms with van der Waals surface area (Å²) in [5.74, 6) is -0.748. The van der Waals surface area contributed by atoms with Crippen LogP contribution in [0.3, 0.4) is 0 Å². The van der Waals surface area contributed by atoms with Crippen LogP contribution in [0, 0.1) is 15.5 Å². The molecule has 7 heteroatoms. The molecule has 0 saturated carbocycles. The van der Waals surface area contributed by atoms with Crippen molar-refractivity contribution >= 4 is 23.3 Å². The first-order chi connectivity index (χ1) is 9.24. The highest BCUT2D eigenvalue weighted by Gasteiger charge is 2.26. The second kappa shape index (κ2) is 6.56. The summed E-state index contributed by atoms with van der Waals surface area (Å²) in [5, 5.41) is 20.1. The number of nitro groups is 1. The number of aliphatic carboxylic acids is 1. The summed E-state index contributed by atoms with van der Waals surface area (Å²) in [4.78, 5) is 21.2. The molecular weight excluding hydrogens is 286 g/mol. The Bertz CT molecular complexity index is 515. The van der Waals surface area contributed by atoms with Crippen LogP contribution in [0.4, 0.5) is 5.69 Å². The van der Waals surface area contributed by atoms with Crippen molar-refractivity contribution in [3.05, 3.63) is 33.3 Å². The zero-order chi connectivity index (χ0) is 15.3. The van der Waals surface area contributed by atoms with E-state index in [2.05, 4.69) is 0 Å². The quantitative estimate of drug-likeness (QED) is 0.473. The molecule has 0 bridgehead atoms. The molecule has 1 rings (SSSR count). The lowest BCUT2D eigenvalue weighted by Gasteiger charge is -2.18. The molecule has 0 unspecified atom stereocenters. The van der Waals surface area contributed by atoms with Gasteiger partial charge in [0.05, 0.1) is 16.9 Å². The van der Waals surface area contributed by atoms with Crippen molar-refractivity contribution in [2.75, 3.05) is 6.61 Å². The lowest BCUT2D eigenvalue weighted by atomic mass is 9.88. The molecule has 0 aliphatic heterocycles. The summed E-state index contributed by atoms with van der Waals surface area (Å²) in [6.07, 6.45) is 0.906. The van der Waals surface area contributed by atoms with Gasteiger partial charge in [-0.3, -0.25) is 14.9 Å². The van der Waals surface area contributed by atoms with E-state index in [4.69, 9.17) is 21.4 Å². The third-order valence-electron chi connectivity index (χ3n) is 2.90. The molecule has 0 amide bonds. The smallest absolute Gasteiger partial charge is 0.312 e. The summed E-state index contributed by atoms with van der Waals surface area (Å²) in [7, 11) is 0. The van der Waals surface area contributed by atoms with Gasteiger partial charge in [0.25, 0.3) is 0 Å². The monoisotopic (exact) mass is 301 g/mol. The molecule has 0 spiro atoms. The van der Waals surface area contributed by atoms with E-state index in [1.54, 1.807) is 13.8 Å². The van der Waals surface area contributed by atoms with E-state index >= 15 is 0 Å². The number of benzene rings is 1. The van der Waals surface area contributed by atoms with Crippen LogP contribution in [-0.4, -0.2) is 22.6 Å². The molecule has 1 aromatic carbocycles. The third-order valence-corrected chi connectivity index (χ3v) is 3.14. The lowest BCUT2D eigenvalue weighted by molar-refractivity contribution is -0.385. The highest BCUT2D eigenvalue weighted by atomic mass is 35.5. The Hall–Kier alpha value is -1.82. The van der Waals surface area contributed by atoms with Crippen LogP contribution in [0.25, 0.3) is 0 Å². The predicted molar refractivity (Wildman–Crippen MR) is 74.3 cm³/mol. The Labute approximate surface area is 121 Å². The van der Waals surface area contributed by atoms with Crippen LogP contribution in [0.5, 0.6) is 5.75 Å². The zero-order valence-corrected chi connectivity index (χ0v) is 12.0. The fourth-order valence-corrected chi connectivity index (χ4v) is 1.72. The average Bonchev–Trinajstić information content (AvgIpc) is 2.35.